The van der Waals surface area contributed by atoms with Gasteiger partial charge >= 0.3 is 0 Å². The van der Waals surface area contributed by atoms with E-state index in [9.17, 15) is 9.59 Å². The fourth-order valence-corrected chi connectivity index (χ4v) is 3.16. The summed E-state index contributed by atoms with van der Waals surface area (Å²) in [5, 5.41) is 1.10. The van der Waals surface area contributed by atoms with Gasteiger partial charge in [0, 0.05) is 41.7 Å². The van der Waals surface area contributed by atoms with Crippen LogP contribution >= 0.6 is 15.9 Å². The molecule has 1 aliphatic heterocycles. The highest BCUT2D eigenvalue weighted by molar-refractivity contribution is 9.10. The second-order valence-corrected chi connectivity index (χ2v) is 6.67. The predicted octanol–water partition coefficient (Wildman–Crippen LogP) is 2.26. The number of benzene rings is 1. The van der Waals surface area contributed by atoms with Gasteiger partial charge in [0.1, 0.15) is 6.54 Å². The molecule has 0 N–H and O–H groups in total. The summed E-state index contributed by atoms with van der Waals surface area (Å²) in [5.74, 6) is -0.0369. The van der Waals surface area contributed by atoms with E-state index in [-0.39, 0.29) is 17.9 Å². The maximum atomic E-state index is 12.5. The van der Waals surface area contributed by atoms with Crippen molar-refractivity contribution in [2.75, 3.05) is 20.1 Å². The van der Waals surface area contributed by atoms with Crippen LogP contribution in [0.5, 0.6) is 0 Å². The molecule has 0 atom stereocenters. The van der Waals surface area contributed by atoms with Crippen LogP contribution in [0.4, 0.5) is 0 Å². The number of nitrogens with zero attached hydrogens (tertiary/aromatic N) is 3. The minimum absolute atomic E-state index is 0.0427. The standard InChI is InChI=1S/C17H18BrN3O2/c1-3-16(22)21-9-14(10-21)19(2)17(23)11-20-7-6-12-8-13(18)4-5-15(12)20/h3-8,14H,1,9-11H2,2H3. The highest BCUT2D eigenvalue weighted by atomic mass is 79.9. The lowest BCUT2D eigenvalue weighted by atomic mass is 10.1. The van der Waals surface area contributed by atoms with E-state index in [4.69, 9.17) is 0 Å². The molecule has 2 heterocycles. The highest BCUT2D eigenvalue weighted by Crippen LogP contribution is 2.21. The Morgan fingerprint density at radius 3 is 2.83 bits per heavy atom. The second-order valence-electron chi connectivity index (χ2n) is 5.75. The number of rotatable bonds is 4. The van der Waals surface area contributed by atoms with Crippen molar-refractivity contribution in [3.63, 3.8) is 0 Å². The van der Waals surface area contributed by atoms with Gasteiger partial charge in [-0.1, -0.05) is 22.5 Å². The first-order chi connectivity index (χ1) is 11.0. The van der Waals surface area contributed by atoms with Crippen LogP contribution in [0, 0.1) is 0 Å². The first-order valence-electron chi connectivity index (χ1n) is 7.41. The second kappa shape index (κ2) is 6.20. The summed E-state index contributed by atoms with van der Waals surface area (Å²) < 4.78 is 2.97. The molecule has 0 radical (unpaired) electrons. The van der Waals surface area contributed by atoms with Gasteiger partial charge in [0.2, 0.25) is 11.8 Å². The SMILES string of the molecule is C=CC(=O)N1CC(N(C)C(=O)Cn2ccc3cc(Br)ccc32)C1. The highest BCUT2D eigenvalue weighted by Gasteiger charge is 2.34. The number of aromatic nitrogens is 1. The van der Waals surface area contributed by atoms with Gasteiger partial charge in [-0.05, 0) is 30.3 Å². The molecule has 1 aromatic heterocycles. The summed E-state index contributed by atoms with van der Waals surface area (Å²) in [6.45, 7) is 4.93. The van der Waals surface area contributed by atoms with Crippen LogP contribution in [-0.2, 0) is 16.1 Å². The quantitative estimate of drug-likeness (QED) is 0.769. The van der Waals surface area contributed by atoms with Crippen molar-refractivity contribution >= 4 is 38.6 Å². The Morgan fingerprint density at radius 1 is 1.39 bits per heavy atom. The molecule has 120 valence electrons. The van der Waals surface area contributed by atoms with Gasteiger partial charge in [-0.25, -0.2) is 0 Å². The Hall–Kier alpha value is -2.08. The molecule has 6 heteroatoms. The Morgan fingerprint density at radius 2 is 2.13 bits per heavy atom. The third kappa shape index (κ3) is 3.03. The smallest absolute Gasteiger partial charge is 0.246 e. The van der Waals surface area contributed by atoms with Gasteiger partial charge in [-0.15, -0.1) is 0 Å². The molecule has 5 nitrogen and oxygen atoms in total. The minimum Gasteiger partial charge on any atom is -0.338 e. The maximum absolute atomic E-state index is 12.5. The summed E-state index contributed by atoms with van der Waals surface area (Å²) >= 11 is 3.45. The Bertz CT molecular complexity index is 777. The van der Waals surface area contributed by atoms with E-state index >= 15 is 0 Å². The molecule has 0 aliphatic carbocycles. The fourth-order valence-electron chi connectivity index (χ4n) is 2.78. The third-order valence-corrected chi connectivity index (χ3v) is 4.82. The van der Waals surface area contributed by atoms with Crippen molar-refractivity contribution in [2.45, 2.75) is 12.6 Å². The topological polar surface area (TPSA) is 45.6 Å². The van der Waals surface area contributed by atoms with Gasteiger partial charge in [-0.3, -0.25) is 9.59 Å². The van der Waals surface area contributed by atoms with E-state index in [1.54, 1.807) is 16.8 Å². The number of fused-ring (bicyclic) bond motifs is 1. The van der Waals surface area contributed by atoms with Crippen LogP contribution in [0.15, 0.2) is 47.6 Å². The average molecular weight is 376 g/mol. The van der Waals surface area contributed by atoms with Gasteiger partial charge in [0.15, 0.2) is 0 Å². The van der Waals surface area contributed by atoms with E-state index in [0.717, 1.165) is 15.4 Å². The summed E-state index contributed by atoms with van der Waals surface area (Å²) in [5.41, 5.74) is 1.03. The first kappa shape index (κ1) is 15.8. The molecule has 23 heavy (non-hydrogen) atoms. The Labute approximate surface area is 143 Å². The number of hydrogen-bond acceptors (Lipinski definition) is 2. The number of carbonyl (C=O) groups excluding carboxylic acids is 2. The molecule has 1 saturated heterocycles. The largest absolute Gasteiger partial charge is 0.338 e. The van der Waals surface area contributed by atoms with E-state index in [0.29, 0.717) is 19.6 Å². The number of carbonyl (C=O) groups is 2. The molecule has 0 unspecified atom stereocenters. The minimum atomic E-state index is -0.0796. The van der Waals surface area contributed by atoms with Crippen LogP contribution < -0.4 is 0 Å². The number of halogens is 1. The van der Waals surface area contributed by atoms with Crippen molar-refractivity contribution in [3.05, 3.63) is 47.6 Å². The molecule has 0 bridgehead atoms. The zero-order chi connectivity index (χ0) is 16.6. The zero-order valence-electron chi connectivity index (χ0n) is 12.9. The number of amides is 2. The average Bonchev–Trinajstić information content (AvgIpc) is 2.87. The van der Waals surface area contributed by atoms with E-state index < -0.39 is 0 Å². The summed E-state index contributed by atoms with van der Waals surface area (Å²) in [4.78, 5) is 27.4. The molecule has 1 fully saturated rings. The summed E-state index contributed by atoms with van der Waals surface area (Å²) in [6.07, 6.45) is 3.24. The molecule has 3 rings (SSSR count). The van der Waals surface area contributed by atoms with Crippen LogP contribution in [-0.4, -0.2) is 52.4 Å². The molecule has 2 amide bonds. The lowest BCUT2D eigenvalue weighted by Crippen LogP contribution is -2.61. The van der Waals surface area contributed by atoms with E-state index in [1.807, 2.05) is 35.0 Å². The Balaban J connectivity index is 1.64. The first-order valence-corrected chi connectivity index (χ1v) is 8.20. The third-order valence-electron chi connectivity index (χ3n) is 4.33. The molecule has 0 saturated carbocycles. The lowest BCUT2D eigenvalue weighted by molar-refractivity contribution is -0.142. The number of likely N-dealkylation sites (N-methyl/N-ethyl adjacent to an activating group) is 1. The van der Waals surface area contributed by atoms with Gasteiger partial charge in [0.05, 0.1) is 6.04 Å². The molecule has 1 aliphatic rings. The van der Waals surface area contributed by atoms with Gasteiger partial charge < -0.3 is 14.4 Å². The molecule has 0 spiro atoms. The fraction of sp³-hybridized carbons (Fsp3) is 0.294. The maximum Gasteiger partial charge on any atom is 0.246 e. The van der Waals surface area contributed by atoms with Crippen molar-refractivity contribution in [1.82, 2.24) is 14.4 Å². The van der Waals surface area contributed by atoms with Crippen LogP contribution in [0.2, 0.25) is 0 Å². The van der Waals surface area contributed by atoms with Crippen molar-refractivity contribution in [2.24, 2.45) is 0 Å². The monoisotopic (exact) mass is 375 g/mol. The van der Waals surface area contributed by atoms with Crippen molar-refractivity contribution in [3.8, 4) is 0 Å². The molecular formula is C17H18BrN3O2. The number of hydrogen-bond donors (Lipinski definition) is 0. The number of likely N-dealkylation sites (tertiary alicyclic amines) is 1. The molecule has 1 aromatic carbocycles. The molecular weight excluding hydrogens is 358 g/mol. The van der Waals surface area contributed by atoms with Gasteiger partial charge in [-0.2, -0.15) is 0 Å². The van der Waals surface area contributed by atoms with E-state index in [2.05, 4.69) is 22.5 Å². The van der Waals surface area contributed by atoms with Crippen molar-refractivity contribution < 1.29 is 9.59 Å². The zero-order valence-corrected chi connectivity index (χ0v) is 14.5. The molecule has 2 aromatic rings. The van der Waals surface area contributed by atoms with E-state index in [1.165, 1.54) is 6.08 Å². The van der Waals surface area contributed by atoms with Crippen LogP contribution in [0.1, 0.15) is 0 Å². The van der Waals surface area contributed by atoms with Crippen molar-refractivity contribution in [1.29, 1.82) is 0 Å². The normalized spacial score (nSPS) is 14.6. The predicted molar refractivity (Wildman–Crippen MR) is 93.0 cm³/mol. The van der Waals surface area contributed by atoms with Gasteiger partial charge in [0.25, 0.3) is 0 Å². The Kier molecular flexibility index (Phi) is 4.26. The van der Waals surface area contributed by atoms with Crippen LogP contribution in [0.25, 0.3) is 10.9 Å². The summed E-state index contributed by atoms with van der Waals surface area (Å²) in [7, 11) is 1.80. The summed E-state index contributed by atoms with van der Waals surface area (Å²) in [6, 6.07) is 8.09. The lowest BCUT2D eigenvalue weighted by Gasteiger charge is -2.43. The van der Waals surface area contributed by atoms with Crippen LogP contribution in [0.3, 0.4) is 0 Å².